The summed E-state index contributed by atoms with van der Waals surface area (Å²) in [5.74, 6) is 0.636. The molecule has 1 aromatic carbocycles. The molecule has 1 amide bonds. The van der Waals surface area contributed by atoms with E-state index < -0.39 is 0 Å². The van der Waals surface area contributed by atoms with E-state index >= 15 is 0 Å². The quantitative estimate of drug-likeness (QED) is 0.475. The molecule has 114 valence electrons. The smallest absolute Gasteiger partial charge is 0.309 e. The molecule has 1 fully saturated rings. The number of esters is 1. The first-order chi connectivity index (χ1) is 10.1. The number of hydrogen-bond donors (Lipinski definition) is 1. The number of carbonyl (C=O) groups is 2. The van der Waals surface area contributed by atoms with E-state index in [1.54, 1.807) is 11.8 Å². The molecular formula is C15H18ClNO3S. The molecule has 0 radical (unpaired) electrons. The first kappa shape index (κ1) is 16.2. The minimum Gasteiger partial charge on any atom is -0.455 e. The van der Waals surface area contributed by atoms with Crippen LogP contribution < -0.4 is 5.32 Å². The van der Waals surface area contributed by atoms with Gasteiger partial charge in [-0.05, 0) is 36.6 Å². The van der Waals surface area contributed by atoms with E-state index in [0.717, 1.165) is 17.1 Å². The largest absolute Gasteiger partial charge is 0.455 e. The van der Waals surface area contributed by atoms with Gasteiger partial charge in [-0.15, -0.1) is 11.8 Å². The summed E-state index contributed by atoms with van der Waals surface area (Å²) >= 11 is 7.43. The van der Waals surface area contributed by atoms with Crippen molar-refractivity contribution in [2.75, 3.05) is 18.9 Å². The Balaban J connectivity index is 1.54. The zero-order valence-corrected chi connectivity index (χ0v) is 13.4. The molecule has 21 heavy (non-hydrogen) atoms. The SMILES string of the molecule is C[C@H]1C[C@H]1C(=O)OCC(=O)NCCSc1ccc(Cl)cc1. The number of nitrogens with one attached hydrogen (secondary N) is 1. The summed E-state index contributed by atoms with van der Waals surface area (Å²) in [4.78, 5) is 24.1. The minimum atomic E-state index is -0.256. The average Bonchev–Trinajstić information content (AvgIpc) is 3.20. The van der Waals surface area contributed by atoms with Gasteiger partial charge in [0.15, 0.2) is 6.61 Å². The van der Waals surface area contributed by atoms with Crippen molar-refractivity contribution in [3.63, 3.8) is 0 Å². The highest BCUT2D eigenvalue weighted by Crippen LogP contribution is 2.38. The van der Waals surface area contributed by atoms with Crippen molar-refractivity contribution in [3.05, 3.63) is 29.3 Å². The van der Waals surface area contributed by atoms with Crippen LogP contribution in [0.4, 0.5) is 0 Å². The van der Waals surface area contributed by atoms with Crippen LogP contribution in [-0.4, -0.2) is 30.8 Å². The maximum absolute atomic E-state index is 11.5. The van der Waals surface area contributed by atoms with Gasteiger partial charge in [-0.25, -0.2) is 0 Å². The summed E-state index contributed by atoms with van der Waals surface area (Å²) in [7, 11) is 0. The van der Waals surface area contributed by atoms with Crippen LogP contribution in [0, 0.1) is 11.8 Å². The molecular weight excluding hydrogens is 310 g/mol. The van der Waals surface area contributed by atoms with Crippen LogP contribution in [0.2, 0.25) is 5.02 Å². The zero-order chi connectivity index (χ0) is 15.2. The minimum absolute atomic E-state index is 0.00161. The molecule has 0 saturated heterocycles. The number of benzene rings is 1. The second-order valence-electron chi connectivity index (χ2n) is 5.08. The van der Waals surface area contributed by atoms with E-state index in [1.165, 1.54) is 0 Å². The third kappa shape index (κ3) is 5.59. The second-order valence-corrected chi connectivity index (χ2v) is 6.68. The number of amides is 1. The van der Waals surface area contributed by atoms with Gasteiger partial charge < -0.3 is 10.1 Å². The molecule has 2 rings (SSSR count). The van der Waals surface area contributed by atoms with E-state index in [1.807, 2.05) is 31.2 Å². The lowest BCUT2D eigenvalue weighted by molar-refractivity contribution is -0.150. The van der Waals surface area contributed by atoms with Crippen molar-refractivity contribution >= 4 is 35.2 Å². The van der Waals surface area contributed by atoms with Crippen molar-refractivity contribution in [2.24, 2.45) is 11.8 Å². The molecule has 0 aromatic heterocycles. The van der Waals surface area contributed by atoms with Gasteiger partial charge in [-0.3, -0.25) is 9.59 Å². The lowest BCUT2D eigenvalue weighted by Crippen LogP contribution is -2.30. The highest BCUT2D eigenvalue weighted by molar-refractivity contribution is 7.99. The number of thioether (sulfide) groups is 1. The molecule has 4 nitrogen and oxygen atoms in total. The van der Waals surface area contributed by atoms with E-state index in [2.05, 4.69) is 5.32 Å². The Bertz CT molecular complexity index is 506. The Morgan fingerprint density at radius 1 is 1.38 bits per heavy atom. The number of halogens is 1. The fraction of sp³-hybridized carbons (Fsp3) is 0.467. The van der Waals surface area contributed by atoms with E-state index in [4.69, 9.17) is 16.3 Å². The van der Waals surface area contributed by atoms with Crippen molar-refractivity contribution in [2.45, 2.75) is 18.2 Å². The average molecular weight is 328 g/mol. The predicted molar refractivity (Wildman–Crippen MR) is 83.4 cm³/mol. The standard InChI is InChI=1S/C15H18ClNO3S/c1-10-8-13(10)15(19)20-9-14(18)17-6-7-21-12-4-2-11(16)3-5-12/h2-5,10,13H,6-9H2,1H3,(H,17,18)/t10-,13+/m0/s1. The van der Waals surface area contributed by atoms with Gasteiger partial charge in [0.05, 0.1) is 5.92 Å². The fourth-order valence-corrected chi connectivity index (χ4v) is 2.73. The Morgan fingerprint density at radius 3 is 2.67 bits per heavy atom. The first-order valence-corrected chi connectivity index (χ1v) is 8.24. The summed E-state index contributed by atoms with van der Waals surface area (Å²) in [6, 6.07) is 7.54. The Kier molecular flexibility index (Phi) is 5.94. The molecule has 0 bridgehead atoms. The van der Waals surface area contributed by atoms with Gasteiger partial charge in [-0.1, -0.05) is 18.5 Å². The third-order valence-corrected chi connectivity index (χ3v) is 4.53. The van der Waals surface area contributed by atoms with Crippen LogP contribution in [0.15, 0.2) is 29.2 Å². The van der Waals surface area contributed by atoms with Gasteiger partial charge in [-0.2, -0.15) is 0 Å². The van der Waals surface area contributed by atoms with Crippen LogP contribution in [0.1, 0.15) is 13.3 Å². The van der Waals surface area contributed by atoms with Gasteiger partial charge in [0.25, 0.3) is 5.91 Å². The molecule has 1 aliphatic carbocycles. The summed E-state index contributed by atoms with van der Waals surface area (Å²) in [5.41, 5.74) is 0. The zero-order valence-electron chi connectivity index (χ0n) is 11.8. The lowest BCUT2D eigenvalue weighted by Gasteiger charge is -2.06. The molecule has 1 aliphatic rings. The molecule has 1 aromatic rings. The fourth-order valence-electron chi connectivity index (χ4n) is 1.84. The maximum Gasteiger partial charge on any atom is 0.309 e. The Hall–Kier alpha value is -1.20. The summed E-state index contributed by atoms with van der Waals surface area (Å²) in [6.45, 7) is 2.34. The van der Waals surface area contributed by atoms with Crippen molar-refractivity contribution in [3.8, 4) is 0 Å². The molecule has 0 spiro atoms. The predicted octanol–water partition coefficient (Wildman–Crippen LogP) is 2.75. The van der Waals surface area contributed by atoms with Crippen LogP contribution in [-0.2, 0) is 14.3 Å². The van der Waals surface area contributed by atoms with Gasteiger partial charge in [0.1, 0.15) is 0 Å². The molecule has 1 saturated carbocycles. The number of hydrogen-bond acceptors (Lipinski definition) is 4. The lowest BCUT2D eigenvalue weighted by atomic mass is 10.3. The highest BCUT2D eigenvalue weighted by Gasteiger charge is 2.40. The van der Waals surface area contributed by atoms with Crippen molar-refractivity contribution in [1.29, 1.82) is 0 Å². The molecule has 1 N–H and O–H groups in total. The monoisotopic (exact) mass is 327 g/mol. The van der Waals surface area contributed by atoms with Crippen LogP contribution in [0.25, 0.3) is 0 Å². The van der Waals surface area contributed by atoms with Crippen molar-refractivity contribution < 1.29 is 14.3 Å². The van der Waals surface area contributed by atoms with Gasteiger partial charge in [0.2, 0.25) is 0 Å². The molecule has 6 heteroatoms. The van der Waals surface area contributed by atoms with E-state index in [-0.39, 0.29) is 24.4 Å². The second kappa shape index (κ2) is 7.71. The molecule has 2 atom stereocenters. The van der Waals surface area contributed by atoms with Gasteiger partial charge in [0, 0.05) is 22.2 Å². The molecule has 0 aliphatic heterocycles. The van der Waals surface area contributed by atoms with Crippen molar-refractivity contribution in [1.82, 2.24) is 5.32 Å². The Labute approximate surface area is 133 Å². The Morgan fingerprint density at radius 2 is 2.05 bits per heavy atom. The summed E-state index contributed by atoms with van der Waals surface area (Å²) < 4.78 is 4.95. The van der Waals surface area contributed by atoms with Crippen LogP contribution >= 0.6 is 23.4 Å². The normalized spacial score (nSPS) is 19.9. The first-order valence-electron chi connectivity index (χ1n) is 6.88. The molecule has 0 heterocycles. The number of carbonyl (C=O) groups excluding carboxylic acids is 2. The number of ether oxygens (including phenoxy) is 1. The maximum atomic E-state index is 11.5. The number of rotatable bonds is 7. The third-order valence-electron chi connectivity index (χ3n) is 3.26. The van der Waals surface area contributed by atoms with Gasteiger partial charge >= 0.3 is 5.97 Å². The summed E-state index contributed by atoms with van der Waals surface area (Å²) in [6.07, 6.45) is 0.873. The summed E-state index contributed by atoms with van der Waals surface area (Å²) in [5, 5.41) is 3.43. The van der Waals surface area contributed by atoms with Crippen LogP contribution in [0.5, 0.6) is 0 Å². The van der Waals surface area contributed by atoms with E-state index in [0.29, 0.717) is 17.5 Å². The van der Waals surface area contributed by atoms with Crippen LogP contribution in [0.3, 0.4) is 0 Å². The topological polar surface area (TPSA) is 55.4 Å². The molecule has 0 unspecified atom stereocenters. The highest BCUT2D eigenvalue weighted by atomic mass is 35.5. The van der Waals surface area contributed by atoms with E-state index in [9.17, 15) is 9.59 Å².